The highest BCUT2D eigenvalue weighted by Gasteiger charge is 2.49. The predicted octanol–water partition coefficient (Wildman–Crippen LogP) is 5.96. The van der Waals surface area contributed by atoms with Crippen molar-refractivity contribution in [3.8, 4) is 15.8 Å². The van der Waals surface area contributed by atoms with E-state index in [0.29, 0.717) is 17.0 Å². The molecule has 0 N–H and O–H groups in total. The van der Waals surface area contributed by atoms with E-state index < -0.39 is 5.54 Å². The quantitative estimate of drug-likeness (QED) is 0.236. The molecule has 0 amide bonds. The van der Waals surface area contributed by atoms with Gasteiger partial charge in [0.2, 0.25) is 0 Å². The zero-order chi connectivity index (χ0) is 26.5. The maximum absolute atomic E-state index is 6.57. The second-order valence-electron chi connectivity index (χ2n) is 11.5. The molecule has 1 saturated carbocycles. The van der Waals surface area contributed by atoms with Crippen LogP contribution in [0.5, 0.6) is 5.19 Å². The number of benzene rings is 3. The van der Waals surface area contributed by atoms with Crippen LogP contribution in [0.4, 0.5) is 0 Å². The lowest BCUT2D eigenvalue weighted by Crippen LogP contribution is -2.61. The molecule has 5 heterocycles. The summed E-state index contributed by atoms with van der Waals surface area (Å²) in [5, 5.41) is 15.5. The van der Waals surface area contributed by atoms with Crippen LogP contribution in [0.1, 0.15) is 29.5 Å². The lowest BCUT2D eigenvalue weighted by molar-refractivity contribution is -0.0986. The molecule has 0 spiro atoms. The van der Waals surface area contributed by atoms with E-state index in [1.165, 1.54) is 30.7 Å². The van der Waals surface area contributed by atoms with Gasteiger partial charge in [-0.3, -0.25) is 4.68 Å². The van der Waals surface area contributed by atoms with E-state index in [4.69, 9.17) is 9.84 Å². The highest BCUT2D eigenvalue weighted by Crippen LogP contribution is 2.46. The second-order valence-corrected chi connectivity index (χ2v) is 12.5. The summed E-state index contributed by atoms with van der Waals surface area (Å²) in [6, 6.07) is 31.8. The molecule has 3 aliphatic heterocycles. The minimum atomic E-state index is -0.651. The van der Waals surface area contributed by atoms with Crippen molar-refractivity contribution in [1.82, 2.24) is 24.9 Å². The largest absolute Gasteiger partial charge is 0.465 e. The summed E-state index contributed by atoms with van der Waals surface area (Å²) in [7, 11) is 0. The van der Waals surface area contributed by atoms with Gasteiger partial charge >= 0.3 is 0 Å². The molecular weight excluding hydrogens is 514 g/mol. The molecule has 4 bridgehead atoms. The summed E-state index contributed by atoms with van der Waals surface area (Å²) in [5.74, 6) is 2.08. The van der Waals surface area contributed by atoms with E-state index in [1.807, 2.05) is 6.20 Å². The Morgan fingerprint density at radius 1 is 0.725 bits per heavy atom. The molecule has 2 unspecified atom stereocenters. The summed E-state index contributed by atoms with van der Waals surface area (Å²) in [4.78, 5) is 2.63. The van der Waals surface area contributed by atoms with Crippen molar-refractivity contribution < 1.29 is 4.74 Å². The van der Waals surface area contributed by atoms with Gasteiger partial charge in [-0.05, 0) is 35.4 Å². The van der Waals surface area contributed by atoms with Gasteiger partial charge in [-0.15, -0.1) is 5.10 Å². The van der Waals surface area contributed by atoms with Crippen LogP contribution in [0.2, 0.25) is 0 Å². The minimum Gasteiger partial charge on any atom is -0.465 e. The topological polar surface area (TPSA) is 56.1 Å². The lowest BCUT2D eigenvalue weighted by atomic mass is 9.66. The number of rotatable bonds is 7. The molecule has 2 atom stereocenters. The van der Waals surface area contributed by atoms with E-state index in [9.17, 15) is 0 Å². The maximum Gasteiger partial charge on any atom is 0.294 e. The van der Waals surface area contributed by atoms with Crippen LogP contribution in [0.15, 0.2) is 103 Å². The molecule has 3 aromatic carbocycles. The van der Waals surface area contributed by atoms with E-state index in [-0.39, 0.29) is 6.10 Å². The predicted molar refractivity (Wildman–Crippen MR) is 156 cm³/mol. The Bertz CT molecular complexity index is 1470. The Morgan fingerprint density at radius 3 is 1.85 bits per heavy atom. The Labute approximate surface area is 238 Å². The molecule has 6 nitrogen and oxygen atoms in total. The van der Waals surface area contributed by atoms with Crippen molar-refractivity contribution in [3.63, 3.8) is 0 Å². The maximum atomic E-state index is 6.57. The van der Waals surface area contributed by atoms with Crippen LogP contribution in [0.3, 0.4) is 0 Å². The van der Waals surface area contributed by atoms with Crippen LogP contribution >= 0.6 is 11.3 Å². The highest BCUT2D eigenvalue weighted by molar-refractivity contribution is 7.16. The number of nitrogens with zero attached hydrogens (tertiary/aromatic N) is 5. The summed E-state index contributed by atoms with van der Waals surface area (Å²) >= 11 is 1.53. The van der Waals surface area contributed by atoms with E-state index in [0.717, 1.165) is 46.3 Å². The van der Waals surface area contributed by atoms with Gasteiger partial charge in [0.05, 0.1) is 11.8 Å². The molecule has 2 aromatic heterocycles. The van der Waals surface area contributed by atoms with Gasteiger partial charge in [0.25, 0.3) is 5.19 Å². The van der Waals surface area contributed by atoms with Crippen molar-refractivity contribution >= 4 is 11.3 Å². The molecule has 7 heteroatoms. The van der Waals surface area contributed by atoms with Crippen LogP contribution < -0.4 is 4.74 Å². The summed E-state index contributed by atoms with van der Waals surface area (Å²) in [5.41, 5.74) is 3.71. The number of piperidine rings is 3. The molecule has 5 aromatic rings. The first kappa shape index (κ1) is 24.0. The van der Waals surface area contributed by atoms with Crippen molar-refractivity contribution in [1.29, 1.82) is 0 Å². The van der Waals surface area contributed by atoms with Gasteiger partial charge in [0, 0.05) is 37.7 Å². The fraction of sp³-hybridized carbons (Fsp3) is 0.303. The first-order valence-electron chi connectivity index (χ1n) is 14.2. The minimum absolute atomic E-state index is 0.262. The molecule has 4 aliphatic rings. The molecular formula is C33H31N5OS. The lowest BCUT2D eigenvalue weighted by Gasteiger charge is -2.54. The number of hydrogen-bond donors (Lipinski definition) is 0. The van der Waals surface area contributed by atoms with Crippen molar-refractivity contribution in [3.05, 3.63) is 120 Å². The van der Waals surface area contributed by atoms with Gasteiger partial charge in [-0.1, -0.05) is 107 Å². The summed E-state index contributed by atoms with van der Waals surface area (Å²) in [6.45, 7) is 3.61. The number of hydrogen-bond acceptors (Lipinski definition) is 6. The third-order valence-electron chi connectivity index (χ3n) is 9.09. The van der Waals surface area contributed by atoms with Gasteiger partial charge in [-0.25, -0.2) is 0 Å². The molecule has 200 valence electrons. The standard InChI is InChI=1S/C33H31N5OS/c1-4-10-27(11-5-1)33(28-12-6-2-7-13-28,29-14-8-3-9-15-29)38-22-26(18-34-38)31-35-36-32(40-31)39-30-24-16-23-17-25(30)21-37(19-23)20-24/h1-15,18,22-25,30H,16-17,19-21H2. The van der Waals surface area contributed by atoms with Crippen LogP contribution in [-0.4, -0.2) is 50.6 Å². The van der Waals surface area contributed by atoms with E-state index in [1.54, 1.807) is 0 Å². The monoisotopic (exact) mass is 545 g/mol. The number of aromatic nitrogens is 4. The number of ether oxygens (including phenoxy) is 1. The van der Waals surface area contributed by atoms with Crippen molar-refractivity contribution in [2.45, 2.75) is 24.5 Å². The smallest absolute Gasteiger partial charge is 0.294 e. The Hall–Kier alpha value is -3.81. The van der Waals surface area contributed by atoms with Crippen molar-refractivity contribution in [2.75, 3.05) is 19.6 Å². The summed E-state index contributed by atoms with van der Waals surface area (Å²) in [6.07, 6.45) is 6.85. The third kappa shape index (κ3) is 3.91. The zero-order valence-corrected chi connectivity index (χ0v) is 23.0. The fourth-order valence-electron chi connectivity index (χ4n) is 7.60. The Kier molecular flexibility index (Phi) is 5.81. The summed E-state index contributed by atoms with van der Waals surface area (Å²) < 4.78 is 8.65. The highest BCUT2D eigenvalue weighted by atomic mass is 32.1. The Morgan fingerprint density at radius 2 is 1.30 bits per heavy atom. The Balaban J connectivity index is 1.17. The molecule has 3 saturated heterocycles. The first-order chi connectivity index (χ1) is 19.8. The fourth-order valence-corrected chi connectivity index (χ4v) is 8.31. The first-order valence-corrected chi connectivity index (χ1v) is 15.0. The van der Waals surface area contributed by atoms with Crippen LogP contribution in [0, 0.1) is 17.8 Å². The van der Waals surface area contributed by atoms with Gasteiger partial charge < -0.3 is 9.64 Å². The van der Waals surface area contributed by atoms with E-state index >= 15 is 0 Å². The van der Waals surface area contributed by atoms with Crippen molar-refractivity contribution in [2.24, 2.45) is 17.8 Å². The van der Waals surface area contributed by atoms with Crippen LogP contribution in [-0.2, 0) is 5.54 Å². The van der Waals surface area contributed by atoms with Gasteiger partial charge in [0.1, 0.15) is 11.6 Å². The molecule has 9 rings (SSSR count). The zero-order valence-electron chi connectivity index (χ0n) is 22.2. The molecule has 40 heavy (non-hydrogen) atoms. The molecule has 4 fully saturated rings. The average Bonchev–Trinajstić information content (AvgIpc) is 3.67. The van der Waals surface area contributed by atoms with E-state index in [2.05, 4.69) is 117 Å². The molecule has 0 radical (unpaired) electrons. The van der Waals surface area contributed by atoms with Gasteiger partial charge in [-0.2, -0.15) is 5.10 Å². The second kappa shape index (κ2) is 9.68. The van der Waals surface area contributed by atoms with Gasteiger partial charge in [0.15, 0.2) is 5.01 Å². The average molecular weight is 546 g/mol. The SMILES string of the molecule is c1ccc(C(c2ccccc2)(c2ccccc2)n2cc(-c3nnc(OC4C5CC6CC4CN(C6)C5)s3)cn2)cc1. The van der Waals surface area contributed by atoms with Crippen LogP contribution in [0.25, 0.3) is 10.6 Å². The molecule has 1 aliphatic carbocycles. The third-order valence-corrected chi connectivity index (χ3v) is 9.96. The normalized spacial score (nSPS) is 25.2.